The van der Waals surface area contributed by atoms with Crippen molar-refractivity contribution in [2.24, 2.45) is 0 Å². The van der Waals surface area contributed by atoms with Crippen molar-refractivity contribution in [3.63, 3.8) is 0 Å². The predicted molar refractivity (Wildman–Crippen MR) is 106 cm³/mol. The van der Waals surface area contributed by atoms with Gasteiger partial charge in [-0.2, -0.15) is 0 Å². The number of fused-ring (bicyclic) bond motifs is 2. The molecule has 0 spiro atoms. The molecule has 0 radical (unpaired) electrons. The van der Waals surface area contributed by atoms with Crippen LogP contribution in [0.3, 0.4) is 0 Å². The van der Waals surface area contributed by atoms with Gasteiger partial charge >= 0.3 is 5.97 Å². The Hall–Kier alpha value is -2.06. The van der Waals surface area contributed by atoms with Crippen LogP contribution in [0.2, 0.25) is 9.36 Å². The van der Waals surface area contributed by atoms with Crippen molar-refractivity contribution >= 4 is 56.6 Å². The van der Waals surface area contributed by atoms with E-state index in [1.807, 2.05) is 24.3 Å². The minimum absolute atomic E-state index is 0.183. The normalized spacial score (nSPS) is 18.6. The number of aliphatic carboxylic acids is 1. The molecule has 3 aromatic rings. The van der Waals surface area contributed by atoms with Crippen molar-refractivity contribution in [1.82, 2.24) is 15.6 Å². The quantitative estimate of drug-likeness (QED) is 0.504. The molecule has 1 aliphatic carbocycles. The molecule has 4 N–H and O–H groups in total. The molecule has 0 saturated heterocycles. The van der Waals surface area contributed by atoms with Gasteiger partial charge in [-0.05, 0) is 23.6 Å². The number of carboxylic acids is 1. The Morgan fingerprint density at radius 3 is 2.81 bits per heavy atom. The molecular weight excluding hydrogens is 409 g/mol. The fourth-order valence-corrected chi connectivity index (χ4v) is 4.95. The summed E-state index contributed by atoms with van der Waals surface area (Å²) in [6, 6.07) is 8.97. The van der Waals surface area contributed by atoms with E-state index in [0.717, 1.165) is 15.8 Å². The van der Waals surface area contributed by atoms with Gasteiger partial charge in [0.2, 0.25) is 0 Å². The van der Waals surface area contributed by atoms with E-state index in [9.17, 15) is 9.59 Å². The summed E-state index contributed by atoms with van der Waals surface area (Å²) < 4.78 is 1.29. The van der Waals surface area contributed by atoms with Gasteiger partial charge in [0.15, 0.2) is 0 Å². The highest BCUT2D eigenvalue weighted by Crippen LogP contribution is 2.39. The molecule has 0 bridgehead atoms. The minimum atomic E-state index is -0.944. The number of rotatable bonds is 5. The molecule has 4 rings (SSSR count). The molecule has 0 fully saturated rings. The number of aromatic amines is 1. The van der Waals surface area contributed by atoms with Crippen molar-refractivity contribution in [2.75, 3.05) is 6.54 Å². The third-order valence-corrected chi connectivity index (χ3v) is 6.57. The topological polar surface area (TPSA) is 94.2 Å². The summed E-state index contributed by atoms with van der Waals surface area (Å²) in [7, 11) is 0. The van der Waals surface area contributed by atoms with Crippen molar-refractivity contribution < 1.29 is 14.7 Å². The number of aromatic nitrogens is 1. The molecule has 2 heterocycles. The van der Waals surface area contributed by atoms with Crippen LogP contribution in [-0.4, -0.2) is 34.6 Å². The highest BCUT2D eigenvalue weighted by atomic mass is 35.5. The SMILES string of the molecule is O=C(O)CN[C@@H]1c2ccccc2C[C@H]1NC(=O)c1cc2sc(Cl)c(Cl)c2[nH]1. The largest absolute Gasteiger partial charge is 0.480 e. The van der Waals surface area contributed by atoms with E-state index >= 15 is 0 Å². The maximum absolute atomic E-state index is 12.7. The molecule has 1 aliphatic rings. The molecule has 2 aromatic heterocycles. The lowest BCUT2D eigenvalue weighted by Gasteiger charge is -2.22. The molecule has 0 saturated carbocycles. The Balaban J connectivity index is 1.56. The lowest BCUT2D eigenvalue weighted by atomic mass is 10.1. The van der Waals surface area contributed by atoms with E-state index in [-0.39, 0.29) is 24.5 Å². The Bertz CT molecular complexity index is 1050. The van der Waals surface area contributed by atoms with Crippen LogP contribution in [-0.2, 0) is 11.2 Å². The van der Waals surface area contributed by atoms with Crippen LogP contribution < -0.4 is 10.6 Å². The van der Waals surface area contributed by atoms with Crippen molar-refractivity contribution in [2.45, 2.75) is 18.5 Å². The number of carboxylic acid groups (broad SMARTS) is 1. The summed E-state index contributed by atoms with van der Waals surface area (Å²) in [6.07, 6.45) is 0.626. The number of thiophene rings is 1. The molecule has 1 aromatic carbocycles. The first-order chi connectivity index (χ1) is 12.9. The molecule has 0 unspecified atom stereocenters. The van der Waals surface area contributed by atoms with E-state index in [0.29, 0.717) is 27.0 Å². The smallest absolute Gasteiger partial charge is 0.317 e. The summed E-state index contributed by atoms with van der Waals surface area (Å²) in [6.45, 7) is -0.183. The third-order valence-electron chi connectivity index (χ3n) is 4.64. The number of hydrogen-bond donors (Lipinski definition) is 4. The zero-order valence-corrected chi connectivity index (χ0v) is 16.2. The minimum Gasteiger partial charge on any atom is -0.480 e. The number of amides is 1. The maximum Gasteiger partial charge on any atom is 0.317 e. The van der Waals surface area contributed by atoms with Crippen LogP contribution >= 0.6 is 34.5 Å². The van der Waals surface area contributed by atoms with Gasteiger partial charge in [-0.3, -0.25) is 14.9 Å². The molecule has 2 atom stereocenters. The Labute approximate surface area is 168 Å². The predicted octanol–water partition coefficient (Wildman–Crippen LogP) is 3.61. The van der Waals surface area contributed by atoms with Gasteiger partial charge in [-0.15, -0.1) is 11.3 Å². The monoisotopic (exact) mass is 423 g/mol. The number of halogens is 2. The second kappa shape index (κ2) is 7.16. The van der Waals surface area contributed by atoms with Crippen LogP contribution in [0, 0.1) is 0 Å². The lowest BCUT2D eigenvalue weighted by molar-refractivity contribution is -0.136. The van der Waals surface area contributed by atoms with E-state index in [1.165, 1.54) is 11.3 Å². The van der Waals surface area contributed by atoms with Crippen molar-refractivity contribution in [1.29, 1.82) is 0 Å². The van der Waals surface area contributed by atoms with E-state index in [4.69, 9.17) is 28.3 Å². The summed E-state index contributed by atoms with van der Waals surface area (Å²) in [5.74, 6) is -1.22. The van der Waals surface area contributed by atoms with Crippen LogP contribution in [0.15, 0.2) is 30.3 Å². The summed E-state index contributed by atoms with van der Waals surface area (Å²) >= 11 is 13.4. The molecular formula is C18H15Cl2N3O3S. The van der Waals surface area contributed by atoms with E-state index in [2.05, 4.69) is 15.6 Å². The van der Waals surface area contributed by atoms with Gasteiger partial charge in [-0.1, -0.05) is 47.5 Å². The Morgan fingerprint density at radius 1 is 1.30 bits per heavy atom. The highest BCUT2D eigenvalue weighted by Gasteiger charge is 2.33. The number of carbonyl (C=O) groups excluding carboxylic acids is 1. The summed E-state index contributed by atoms with van der Waals surface area (Å²) in [5, 5.41) is 15.4. The first-order valence-corrected chi connectivity index (χ1v) is 9.81. The number of hydrogen-bond acceptors (Lipinski definition) is 4. The average Bonchev–Trinajstić information content (AvgIpc) is 3.27. The van der Waals surface area contributed by atoms with Crippen molar-refractivity contribution in [3.05, 3.63) is 56.5 Å². The maximum atomic E-state index is 12.7. The fourth-order valence-electron chi connectivity index (χ4n) is 3.47. The second-order valence-corrected chi connectivity index (χ2v) is 8.38. The van der Waals surface area contributed by atoms with Crippen LogP contribution in [0.25, 0.3) is 10.2 Å². The summed E-state index contributed by atoms with van der Waals surface area (Å²) in [4.78, 5) is 26.7. The highest BCUT2D eigenvalue weighted by molar-refractivity contribution is 7.23. The van der Waals surface area contributed by atoms with Gasteiger partial charge in [0.25, 0.3) is 5.91 Å². The molecule has 0 aliphatic heterocycles. The fraction of sp³-hybridized carbons (Fsp3) is 0.222. The zero-order chi connectivity index (χ0) is 19.1. The van der Waals surface area contributed by atoms with Gasteiger partial charge < -0.3 is 15.4 Å². The molecule has 1 amide bonds. The van der Waals surface area contributed by atoms with E-state index in [1.54, 1.807) is 6.07 Å². The molecule has 27 heavy (non-hydrogen) atoms. The molecule has 9 heteroatoms. The number of H-pyrrole nitrogens is 1. The van der Waals surface area contributed by atoms with Gasteiger partial charge in [-0.25, -0.2) is 0 Å². The second-order valence-electron chi connectivity index (χ2n) is 6.35. The number of benzene rings is 1. The van der Waals surface area contributed by atoms with Gasteiger partial charge in [0.1, 0.15) is 10.0 Å². The third kappa shape index (κ3) is 3.43. The standard InChI is InChI=1S/C18H15Cl2N3O3S/c19-14-16-12(27-17(14)20)6-11(22-16)18(26)23-10-5-8-3-1-2-4-9(8)15(10)21-7-13(24)25/h1-4,6,10,15,21-22H,5,7H2,(H,23,26)(H,24,25)/t10-,15-/m1/s1. The Morgan fingerprint density at radius 2 is 2.07 bits per heavy atom. The van der Waals surface area contributed by atoms with Crippen LogP contribution in [0.5, 0.6) is 0 Å². The molecule has 6 nitrogen and oxygen atoms in total. The van der Waals surface area contributed by atoms with Crippen LogP contribution in [0.1, 0.15) is 27.7 Å². The zero-order valence-electron chi connectivity index (χ0n) is 13.9. The molecule has 140 valence electrons. The van der Waals surface area contributed by atoms with Crippen LogP contribution in [0.4, 0.5) is 0 Å². The van der Waals surface area contributed by atoms with Crippen molar-refractivity contribution in [3.8, 4) is 0 Å². The Kier molecular flexibility index (Phi) is 4.86. The summed E-state index contributed by atoms with van der Waals surface area (Å²) in [5.41, 5.74) is 3.13. The first kappa shape index (κ1) is 18.3. The van der Waals surface area contributed by atoms with Gasteiger partial charge in [0, 0.05) is 0 Å². The van der Waals surface area contributed by atoms with E-state index < -0.39 is 5.97 Å². The number of carbonyl (C=O) groups is 2. The van der Waals surface area contributed by atoms with Gasteiger partial charge in [0.05, 0.1) is 33.9 Å². The number of nitrogens with one attached hydrogen (secondary N) is 3. The first-order valence-electron chi connectivity index (χ1n) is 8.24. The average molecular weight is 424 g/mol. The lowest BCUT2D eigenvalue weighted by Crippen LogP contribution is -2.44.